The maximum Gasteiger partial charge on any atom is 2.00 e. The maximum absolute atomic E-state index is 10.2. The summed E-state index contributed by atoms with van der Waals surface area (Å²) in [5, 5.41) is 10.2. The normalized spacial score (nSPS) is 6.57. The van der Waals surface area contributed by atoms with Crippen LogP contribution in [0, 0.1) is 0 Å². The van der Waals surface area contributed by atoms with Crippen molar-refractivity contribution >= 4 is 64.7 Å². The van der Waals surface area contributed by atoms with Gasteiger partial charge in [0, 0.05) is 0 Å². The molecule has 0 spiro atoms. The second kappa shape index (κ2) is 12.1. The van der Waals surface area contributed by atoms with Crippen molar-refractivity contribution in [3.8, 4) is 0 Å². The number of carboxylic acids is 1. The molecule has 0 fully saturated rings. The number of benzene rings is 1. The van der Waals surface area contributed by atoms with Gasteiger partial charge in [0.2, 0.25) is 0 Å². The molecule has 1 aromatic rings. The quantitative estimate of drug-likeness (QED) is 0.377. The molecule has 0 bridgehead atoms. The molecule has 0 saturated carbocycles. The van der Waals surface area contributed by atoms with Gasteiger partial charge in [-0.3, -0.25) is 0 Å². The molecule has 0 saturated heterocycles. The van der Waals surface area contributed by atoms with Crippen LogP contribution in [0.3, 0.4) is 0 Å². The van der Waals surface area contributed by atoms with E-state index in [4.69, 9.17) is 12.6 Å². The second-order valence-electron chi connectivity index (χ2n) is 1.78. The Balaban J connectivity index is -0.000000125. The van der Waals surface area contributed by atoms with Gasteiger partial charge in [-0.2, -0.15) is 4.90 Å². The number of carboxylic acid groups (broad SMARTS) is 1. The summed E-state index contributed by atoms with van der Waals surface area (Å²) in [7, 11) is 0. The van der Waals surface area contributed by atoms with Crippen molar-refractivity contribution < 1.29 is 34.7 Å². The van der Waals surface area contributed by atoms with Crippen LogP contribution in [0.15, 0.2) is 29.2 Å². The zero-order valence-electron chi connectivity index (χ0n) is 7.20. The molecular formula is C7H4Cl2Mg2O2S. The second-order valence-corrected chi connectivity index (χ2v) is 2.22. The summed E-state index contributed by atoms with van der Waals surface area (Å²) in [4.78, 5) is 10.6. The topological polar surface area (TPSA) is 40.1 Å². The summed E-state index contributed by atoms with van der Waals surface area (Å²) >= 11 is 4.71. The number of hydrogen-bond acceptors (Lipinski definition) is 3. The molecular weight excluding hydrogens is 268 g/mol. The molecule has 0 aliphatic rings. The number of rotatable bonds is 1. The van der Waals surface area contributed by atoms with Gasteiger partial charge in [-0.05, 0) is 5.56 Å². The summed E-state index contributed by atoms with van der Waals surface area (Å²) in [6.07, 6.45) is 0. The number of carbonyl (C=O) groups excluding carboxylic acids is 1. The molecule has 0 heterocycles. The van der Waals surface area contributed by atoms with E-state index in [0.29, 0.717) is 4.90 Å². The third-order valence-electron chi connectivity index (χ3n) is 1.11. The van der Waals surface area contributed by atoms with E-state index in [1.54, 1.807) is 18.2 Å². The summed E-state index contributed by atoms with van der Waals surface area (Å²) in [5.74, 6) is -1.22. The monoisotopic (exact) mass is 270 g/mol. The molecule has 2 nitrogen and oxygen atoms in total. The number of halogens is 2. The summed E-state index contributed by atoms with van der Waals surface area (Å²) in [6, 6.07) is 6.29. The van der Waals surface area contributed by atoms with Crippen LogP contribution in [0.5, 0.6) is 0 Å². The molecule has 0 amide bonds. The minimum Gasteiger partial charge on any atom is -1.00 e. The fourth-order valence-electron chi connectivity index (χ4n) is 0.635. The van der Waals surface area contributed by atoms with Crippen LogP contribution in [-0.2, 0) is 12.6 Å². The molecule has 7 heteroatoms. The van der Waals surface area contributed by atoms with Gasteiger partial charge in [-0.25, -0.2) is 0 Å². The van der Waals surface area contributed by atoms with E-state index in [1.807, 2.05) is 0 Å². The van der Waals surface area contributed by atoms with Crippen LogP contribution in [0.1, 0.15) is 10.4 Å². The van der Waals surface area contributed by atoms with E-state index < -0.39 is 5.97 Å². The molecule has 0 aliphatic heterocycles. The molecule has 0 aliphatic carbocycles. The summed E-state index contributed by atoms with van der Waals surface area (Å²) in [6.45, 7) is 0. The number of aromatic carboxylic acids is 1. The largest absolute Gasteiger partial charge is 2.00 e. The minimum atomic E-state index is -1.22. The molecule has 14 heavy (non-hydrogen) atoms. The van der Waals surface area contributed by atoms with E-state index >= 15 is 0 Å². The van der Waals surface area contributed by atoms with Gasteiger partial charge in [0.15, 0.2) is 0 Å². The number of hydrogen-bond donors (Lipinski definition) is 0. The van der Waals surface area contributed by atoms with Crippen molar-refractivity contribution in [3.63, 3.8) is 0 Å². The van der Waals surface area contributed by atoms with Crippen molar-refractivity contribution in [2.75, 3.05) is 0 Å². The van der Waals surface area contributed by atoms with Crippen molar-refractivity contribution in [2.24, 2.45) is 0 Å². The van der Waals surface area contributed by atoms with E-state index in [0.717, 1.165) is 0 Å². The Morgan fingerprint density at radius 3 is 1.86 bits per heavy atom. The Hall–Kier alpha value is 1.02. The molecule has 0 atom stereocenters. The first-order valence-electron chi connectivity index (χ1n) is 2.69. The Morgan fingerprint density at radius 1 is 1.14 bits per heavy atom. The molecule has 1 rings (SSSR count). The zero-order chi connectivity index (χ0) is 7.56. The van der Waals surface area contributed by atoms with E-state index in [1.165, 1.54) is 6.07 Å². The van der Waals surface area contributed by atoms with Crippen molar-refractivity contribution in [1.29, 1.82) is 0 Å². The molecule has 0 unspecified atom stereocenters. The first-order valence-corrected chi connectivity index (χ1v) is 3.10. The first-order chi connectivity index (χ1) is 4.72. The van der Waals surface area contributed by atoms with Crippen LogP contribution in [-0.4, -0.2) is 52.1 Å². The van der Waals surface area contributed by atoms with Crippen LogP contribution < -0.4 is 29.9 Å². The van der Waals surface area contributed by atoms with Crippen molar-refractivity contribution in [2.45, 2.75) is 4.90 Å². The molecule has 1 aromatic carbocycles. The van der Waals surface area contributed by atoms with Gasteiger partial charge >= 0.3 is 46.1 Å². The van der Waals surface area contributed by atoms with E-state index in [2.05, 4.69) is 0 Å². The Labute approximate surface area is 133 Å². The van der Waals surface area contributed by atoms with Crippen molar-refractivity contribution in [1.82, 2.24) is 0 Å². The third kappa shape index (κ3) is 7.33. The van der Waals surface area contributed by atoms with Crippen LogP contribution in [0.25, 0.3) is 0 Å². The molecule has 68 valence electrons. The Bertz CT molecular complexity index is 274. The summed E-state index contributed by atoms with van der Waals surface area (Å²) in [5.41, 5.74) is 0.0810. The average Bonchev–Trinajstić information content (AvgIpc) is 1.88. The average molecular weight is 272 g/mol. The smallest absolute Gasteiger partial charge is 1.00 e. The van der Waals surface area contributed by atoms with Crippen molar-refractivity contribution in [3.05, 3.63) is 29.8 Å². The van der Waals surface area contributed by atoms with Gasteiger partial charge in [0.05, 0.1) is 5.97 Å². The zero-order valence-corrected chi connectivity index (χ0v) is 12.4. The minimum absolute atomic E-state index is 0. The maximum atomic E-state index is 10.2. The van der Waals surface area contributed by atoms with Crippen LogP contribution >= 0.6 is 0 Å². The molecule has 0 aromatic heterocycles. The standard InChI is InChI=1S/C7H6O2S.2ClH.2Mg/c8-7(9)5-3-1-2-4-6(5)10;;;;/h1-4,10H,(H,8,9);2*1H;;/q;;;2*+2/p-4. The number of carbonyl (C=O) groups is 1. The Kier molecular flexibility index (Phi) is 21.0. The molecule has 0 radical (unpaired) electrons. The van der Waals surface area contributed by atoms with Gasteiger partial charge in [0.1, 0.15) is 0 Å². The predicted octanol–water partition coefficient (Wildman–Crippen LogP) is -6.80. The predicted molar refractivity (Wildman–Crippen MR) is 47.9 cm³/mol. The van der Waals surface area contributed by atoms with Gasteiger partial charge < -0.3 is 47.3 Å². The van der Waals surface area contributed by atoms with Crippen LogP contribution in [0.2, 0.25) is 0 Å². The SMILES string of the molecule is O=C([O-])c1ccccc1[S-].[Cl-].[Cl-].[Mg+2].[Mg+2]. The van der Waals surface area contributed by atoms with Gasteiger partial charge in [-0.1, -0.05) is 24.3 Å². The Morgan fingerprint density at radius 2 is 1.57 bits per heavy atom. The fourth-order valence-corrected chi connectivity index (χ4v) is 0.865. The fraction of sp³-hybridized carbons (Fsp3) is 0. The third-order valence-corrected chi connectivity index (χ3v) is 1.46. The van der Waals surface area contributed by atoms with E-state index in [-0.39, 0.29) is 76.5 Å². The van der Waals surface area contributed by atoms with Gasteiger partial charge in [-0.15, -0.1) is 0 Å². The van der Waals surface area contributed by atoms with Gasteiger partial charge in [0.25, 0.3) is 0 Å². The summed E-state index contributed by atoms with van der Waals surface area (Å²) < 4.78 is 0. The van der Waals surface area contributed by atoms with E-state index in [9.17, 15) is 9.90 Å². The first kappa shape index (κ1) is 24.3. The molecule has 0 N–H and O–H groups in total. The van der Waals surface area contributed by atoms with Crippen LogP contribution in [0.4, 0.5) is 0 Å².